The summed E-state index contributed by atoms with van der Waals surface area (Å²) in [4.78, 5) is 11.1. The lowest BCUT2D eigenvalue weighted by atomic mass is 10.3. The molecule has 0 spiro atoms. The molecule has 76 valence electrons. The van der Waals surface area contributed by atoms with Crippen molar-refractivity contribution in [3.05, 3.63) is 42.5 Å². The molecule has 0 heterocycles. The van der Waals surface area contributed by atoms with E-state index in [0.717, 1.165) is 5.69 Å². The molecule has 1 rings (SSSR count). The van der Waals surface area contributed by atoms with Crippen molar-refractivity contribution < 1.29 is 4.79 Å². The number of anilines is 1. The maximum Gasteiger partial charge on any atom is 0.250 e. The molecule has 0 fully saturated rings. The number of carbonyl (C=O) groups excluding carboxylic acids is 1. The van der Waals surface area contributed by atoms with Crippen molar-refractivity contribution in [2.24, 2.45) is 11.7 Å². The lowest BCUT2D eigenvalue weighted by molar-refractivity contribution is -0.112. The van der Waals surface area contributed by atoms with Crippen LogP contribution in [0.15, 0.2) is 42.5 Å². The highest BCUT2D eigenvalue weighted by Gasteiger charge is 2.00. The molecule has 1 amide bonds. The molecule has 1 aromatic rings. The fraction of sp³-hybridized carbons (Fsp3) is 0.100. The number of hydrazine groups is 1. The quantitative estimate of drug-likeness (QED) is 0.372. The summed E-state index contributed by atoms with van der Waals surface area (Å²) in [7, 11) is 0. The molecule has 0 atom stereocenters. The summed E-state index contributed by atoms with van der Waals surface area (Å²) in [6.45, 7) is 5.22. The van der Waals surface area contributed by atoms with Gasteiger partial charge in [0, 0.05) is 11.3 Å². The standard InChI is InChI=1S/C10H11NO.H4N2/c1-8(2)10(12)11-9-6-4-3-5-7-9;1-2/h3-7H,1H2,2H3,(H,11,12);1-2H2. The molecule has 1 aromatic carbocycles. The van der Waals surface area contributed by atoms with Crippen molar-refractivity contribution in [3.8, 4) is 0 Å². The molecule has 0 unspecified atom stereocenters. The van der Waals surface area contributed by atoms with E-state index in [0.29, 0.717) is 5.57 Å². The van der Waals surface area contributed by atoms with Crippen LogP contribution in [-0.4, -0.2) is 5.91 Å². The third-order valence-corrected chi connectivity index (χ3v) is 1.42. The fourth-order valence-electron chi connectivity index (χ4n) is 0.759. The van der Waals surface area contributed by atoms with Gasteiger partial charge in [-0.1, -0.05) is 24.8 Å². The smallest absolute Gasteiger partial charge is 0.250 e. The van der Waals surface area contributed by atoms with E-state index in [1.54, 1.807) is 6.92 Å². The normalized spacial score (nSPS) is 8.21. The highest BCUT2D eigenvalue weighted by atomic mass is 16.1. The molecule has 0 saturated carbocycles. The van der Waals surface area contributed by atoms with Gasteiger partial charge in [-0.15, -0.1) is 0 Å². The molecule has 0 aliphatic heterocycles. The summed E-state index contributed by atoms with van der Waals surface area (Å²) in [5, 5.41) is 2.70. The van der Waals surface area contributed by atoms with Crippen LogP contribution in [0.3, 0.4) is 0 Å². The molecule has 0 bridgehead atoms. The first kappa shape index (κ1) is 12.3. The summed E-state index contributed by atoms with van der Waals surface area (Å²) >= 11 is 0. The fourth-order valence-corrected chi connectivity index (χ4v) is 0.759. The second kappa shape index (κ2) is 6.82. The van der Waals surface area contributed by atoms with Gasteiger partial charge < -0.3 is 5.32 Å². The molecule has 0 aromatic heterocycles. The molecule has 0 aliphatic carbocycles. The molecule has 4 nitrogen and oxygen atoms in total. The van der Waals surface area contributed by atoms with Gasteiger partial charge in [-0.05, 0) is 19.1 Å². The minimum absolute atomic E-state index is 0.138. The van der Waals surface area contributed by atoms with Crippen LogP contribution in [0.25, 0.3) is 0 Å². The van der Waals surface area contributed by atoms with Crippen LogP contribution in [0.1, 0.15) is 6.92 Å². The van der Waals surface area contributed by atoms with Crippen LogP contribution in [0, 0.1) is 0 Å². The highest BCUT2D eigenvalue weighted by molar-refractivity contribution is 6.02. The number of carbonyl (C=O) groups is 1. The van der Waals surface area contributed by atoms with Gasteiger partial charge in [-0.3, -0.25) is 16.5 Å². The lowest BCUT2D eigenvalue weighted by Gasteiger charge is -2.02. The average molecular weight is 193 g/mol. The molecule has 5 N–H and O–H groups in total. The van der Waals surface area contributed by atoms with E-state index in [9.17, 15) is 4.79 Å². The summed E-state index contributed by atoms with van der Waals surface area (Å²) in [5.41, 5.74) is 1.31. The van der Waals surface area contributed by atoms with E-state index in [2.05, 4.69) is 23.6 Å². The van der Waals surface area contributed by atoms with E-state index >= 15 is 0 Å². The van der Waals surface area contributed by atoms with Crippen molar-refractivity contribution in [1.82, 2.24) is 0 Å². The molecule has 0 aliphatic rings. The van der Waals surface area contributed by atoms with E-state index in [-0.39, 0.29) is 5.91 Å². The van der Waals surface area contributed by atoms with Crippen LogP contribution in [0.4, 0.5) is 5.69 Å². The summed E-state index contributed by atoms with van der Waals surface area (Å²) in [6.07, 6.45) is 0. The Morgan fingerprint density at radius 3 is 2.21 bits per heavy atom. The number of hydrogen-bond donors (Lipinski definition) is 3. The number of nitrogens with one attached hydrogen (secondary N) is 1. The van der Waals surface area contributed by atoms with Gasteiger partial charge >= 0.3 is 0 Å². The molecular formula is C10H15N3O. The van der Waals surface area contributed by atoms with Crippen molar-refractivity contribution in [2.75, 3.05) is 5.32 Å². The first-order valence-electron chi connectivity index (χ1n) is 4.05. The Hall–Kier alpha value is -1.65. The highest BCUT2D eigenvalue weighted by Crippen LogP contribution is 2.05. The third kappa shape index (κ3) is 4.39. The van der Waals surface area contributed by atoms with Crippen molar-refractivity contribution >= 4 is 11.6 Å². The maximum atomic E-state index is 11.1. The number of rotatable bonds is 2. The Labute approximate surface area is 83.6 Å². The topological polar surface area (TPSA) is 81.1 Å². The van der Waals surface area contributed by atoms with Crippen LogP contribution < -0.4 is 17.0 Å². The van der Waals surface area contributed by atoms with Crippen LogP contribution >= 0.6 is 0 Å². The second-order valence-electron chi connectivity index (χ2n) is 2.60. The van der Waals surface area contributed by atoms with Crippen molar-refractivity contribution in [3.63, 3.8) is 0 Å². The number of hydrogen-bond acceptors (Lipinski definition) is 3. The van der Waals surface area contributed by atoms with E-state index in [4.69, 9.17) is 0 Å². The maximum absolute atomic E-state index is 11.1. The SMILES string of the molecule is C=C(C)C(=O)Nc1ccccc1.NN. The Bertz CT molecular complexity index is 295. The predicted octanol–water partition coefficient (Wildman–Crippen LogP) is 1.02. The van der Waals surface area contributed by atoms with Gasteiger partial charge in [-0.2, -0.15) is 0 Å². The molecular weight excluding hydrogens is 178 g/mol. The van der Waals surface area contributed by atoms with Gasteiger partial charge in [0.25, 0.3) is 5.91 Å². The Kier molecular flexibility index (Phi) is 6.02. The Morgan fingerprint density at radius 2 is 1.79 bits per heavy atom. The summed E-state index contributed by atoms with van der Waals surface area (Å²) < 4.78 is 0. The Balaban J connectivity index is 0.000000791. The van der Waals surface area contributed by atoms with Crippen LogP contribution in [-0.2, 0) is 4.79 Å². The second-order valence-corrected chi connectivity index (χ2v) is 2.60. The zero-order valence-corrected chi connectivity index (χ0v) is 8.16. The monoisotopic (exact) mass is 193 g/mol. The van der Waals surface area contributed by atoms with Crippen molar-refractivity contribution in [2.45, 2.75) is 6.92 Å². The van der Waals surface area contributed by atoms with Crippen LogP contribution in [0.2, 0.25) is 0 Å². The van der Waals surface area contributed by atoms with Gasteiger partial charge in [0.05, 0.1) is 0 Å². The van der Waals surface area contributed by atoms with Crippen molar-refractivity contribution in [1.29, 1.82) is 0 Å². The third-order valence-electron chi connectivity index (χ3n) is 1.42. The largest absolute Gasteiger partial charge is 0.322 e. The van der Waals surface area contributed by atoms with E-state index in [1.165, 1.54) is 0 Å². The zero-order valence-electron chi connectivity index (χ0n) is 8.16. The predicted molar refractivity (Wildman–Crippen MR) is 58.3 cm³/mol. The van der Waals surface area contributed by atoms with E-state index < -0.39 is 0 Å². The van der Waals surface area contributed by atoms with Gasteiger partial charge in [0.1, 0.15) is 0 Å². The zero-order chi connectivity index (χ0) is 11.0. The number of nitrogens with two attached hydrogens (primary N) is 2. The van der Waals surface area contributed by atoms with Crippen LogP contribution in [0.5, 0.6) is 0 Å². The average Bonchev–Trinajstić information content (AvgIpc) is 2.22. The first-order valence-corrected chi connectivity index (χ1v) is 4.05. The number of amides is 1. The minimum Gasteiger partial charge on any atom is -0.322 e. The Morgan fingerprint density at radius 1 is 1.29 bits per heavy atom. The molecule has 14 heavy (non-hydrogen) atoms. The summed E-state index contributed by atoms with van der Waals surface area (Å²) in [5.74, 6) is 7.86. The van der Waals surface area contributed by atoms with E-state index in [1.807, 2.05) is 30.3 Å². The lowest BCUT2D eigenvalue weighted by Crippen LogP contribution is -2.11. The first-order chi connectivity index (χ1) is 6.70. The summed E-state index contributed by atoms with van der Waals surface area (Å²) in [6, 6.07) is 9.31. The van der Waals surface area contributed by atoms with Gasteiger partial charge in [-0.25, -0.2) is 0 Å². The molecule has 4 heteroatoms. The number of para-hydroxylation sites is 1. The number of benzene rings is 1. The minimum atomic E-state index is -0.138. The molecule has 0 saturated heterocycles. The van der Waals surface area contributed by atoms with Gasteiger partial charge in [0.15, 0.2) is 0 Å². The molecule has 0 radical (unpaired) electrons. The van der Waals surface area contributed by atoms with Gasteiger partial charge in [0.2, 0.25) is 0 Å².